The van der Waals surface area contributed by atoms with Crippen LogP contribution in [0.4, 0.5) is 4.39 Å². The molecule has 220 valence electrons. The van der Waals surface area contributed by atoms with Crippen molar-refractivity contribution in [3.8, 4) is 5.88 Å². The first-order valence-corrected chi connectivity index (χ1v) is 16.5. The van der Waals surface area contributed by atoms with Crippen molar-refractivity contribution in [1.82, 2.24) is 10.3 Å². The summed E-state index contributed by atoms with van der Waals surface area (Å²) in [4.78, 5) is 10.1. The molecule has 2 heterocycles. The van der Waals surface area contributed by atoms with Gasteiger partial charge in [-0.1, -0.05) is 121 Å². The number of benzene rings is 4. The van der Waals surface area contributed by atoms with E-state index in [0.717, 1.165) is 49.6 Å². The third kappa shape index (κ3) is 4.83. The number of thioether (sulfide) groups is 1. The van der Waals surface area contributed by atoms with E-state index in [9.17, 15) is 0 Å². The normalized spacial score (nSPS) is 19.3. The predicted octanol–water partition coefficient (Wildman–Crippen LogP) is 8.29. The van der Waals surface area contributed by atoms with Gasteiger partial charge in [-0.15, -0.1) is 0 Å². The molecule has 1 aromatic heterocycles. The second kappa shape index (κ2) is 11.9. The molecule has 0 saturated heterocycles. The number of pyridine rings is 1. The quantitative estimate of drug-likeness (QED) is 0.186. The van der Waals surface area contributed by atoms with E-state index in [1.54, 1.807) is 37.2 Å². The molecular formula is C37H31BrFN3OS. The van der Waals surface area contributed by atoms with E-state index >= 15 is 4.39 Å². The molecule has 7 heteroatoms. The summed E-state index contributed by atoms with van der Waals surface area (Å²) in [7, 11) is 1.64. The Labute approximate surface area is 270 Å². The number of hydrogen-bond acceptors (Lipinski definition) is 5. The van der Waals surface area contributed by atoms with Crippen LogP contribution in [-0.2, 0) is 23.9 Å². The number of amidine groups is 1. The van der Waals surface area contributed by atoms with Crippen molar-refractivity contribution < 1.29 is 9.13 Å². The van der Waals surface area contributed by atoms with Crippen LogP contribution in [0.2, 0.25) is 0 Å². The Kier molecular flexibility index (Phi) is 7.77. The van der Waals surface area contributed by atoms with Crippen molar-refractivity contribution in [2.24, 2.45) is 10.9 Å². The van der Waals surface area contributed by atoms with Crippen LogP contribution < -0.4 is 10.1 Å². The standard InChI is InChI=1S/C37H31BrFN3OS/c1-43-34-30-22-36(31-19-11-12-20-33(31)39)28(21-29(30)32(38)23-40-34)24-44-35(41-36)42-37(25-13-5-2-6-14-25,26-15-7-3-8-16-26)27-17-9-4-10-18-27/h2-20,23,28H,21-22,24H2,1H3,(H,41,42)/t28-,36-/m0/s1. The molecule has 0 fully saturated rings. The Balaban J connectivity index is 1.45. The summed E-state index contributed by atoms with van der Waals surface area (Å²) >= 11 is 5.44. The first kappa shape index (κ1) is 28.8. The second-order valence-corrected chi connectivity index (χ2v) is 13.1. The molecule has 5 aromatic rings. The van der Waals surface area contributed by atoms with Crippen LogP contribution in [0.1, 0.15) is 33.4 Å². The number of ether oxygens (including phenoxy) is 1. The number of aromatic nitrogens is 1. The number of nitrogens with one attached hydrogen (secondary N) is 1. The summed E-state index contributed by atoms with van der Waals surface area (Å²) in [5, 5.41) is 4.73. The zero-order chi connectivity index (χ0) is 30.1. The maximum absolute atomic E-state index is 15.9. The molecule has 0 radical (unpaired) electrons. The molecule has 2 aliphatic rings. The van der Waals surface area contributed by atoms with Crippen LogP contribution in [0.25, 0.3) is 0 Å². The number of methoxy groups -OCH3 is 1. The molecule has 4 aromatic carbocycles. The lowest BCUT2D eigenvalue weighted by atomic mass is 9.67. The van der Waals surface area contributed by atoms with Crippen LogP contribution in [0, 0.1) is 11.7 Å². The molecule has 4 nitrogen and oxygen atoms in total. The first-order valence-electron chi connectivity index (χ1n) is 14.7. The molecule has 0 saturated carbocycles. The average Bonchev–Trinajstić information content (AvgIpc) is 3.08. The van der Waals surface area contributed by atoms with E-state index < -0.39 is 11.1 Å². The van der Waals surface area contributed by atoms with Crippen molar-refractivity contribution in [1.29, 1.82) is 0 Å². The van der Waals surface area contributed by atoms with Gasteiger partial charge in [0.1, 0.15) is 11.4 Å². The van der Waals surface area contributed by atoms with Crippen molar-refractivity contribution in [2.75, 3.05) is 12.9 Å². The Morgan fingerprint density at radius 2 is 1.41 bits per heavy atom. The van der Waals surface area contributed by atoms with E-state index in [4.69, 9.17) is 9.73 Å². The molecular weight excluding hydrogens is 633 g/mol. The Hall–Kier alpha value is -3.94. The van der Waals surface area contributed by atoms with Gasteiger partial charge in [0.2, 0.25) is 5.88 Å². The number of aliphatic imine (C=N–C) groups is 1. The number of halogens is 2. The fraction of sp³-hybridized carbons (Fsp3) is 0.189. The lowest BCUT2D eigenvalue weighted by Crippen LogP contribution is -2.52. The predicted molar refractivity (Wildman–Crippen MR) is 180 cm³/mol. The minimum atomic E-state index is -0.850. The molecule has 1 N–H and O–H groups in total. The molecule has 1 aliphatic carbocycles. The Bertz CT molecular complexity index is 1720. The van der Waals surface area contributed by atoms with Gasteiger partial charge in [0.05, 0.1) is 12.6 Å². The zero-order valence-corrected chi connectivity index (χ0v) is 26.6. The van der Waals surface area contributed by atoms with Crippen LogP contribution in [0.5, 0.6) is 5.88 Å². The smallest absolute Gasteiger partial charge is 0.216 e. The highest BCUT2D eigenvalue weighted by molar-refractivity contribution is 9.10. The van der Waals surface area contributed by atoms with Crippen molar-refractivity contribution in [3.63, 3.8) is 0 Å². The lowest BCUT2D eigenvalue weighted by Gasteiger charge is -2.47. The summed E-state index contributed by atoms with van der Waals surface area (Å²) in [5.41, 5.74) is 4.40. The second-order valence-electron chi connectivity index (χ2n) is 11.3. The van der Waals surface area contributed by atoms with Gasteiger partial charge >= 0.3 is 0 Å². The van der Waals surface area contributed by atoms with Gasteiger partial charge < -0.3 is 10.1 Å². The highest BCUT2D eigenvalue weighted by Crippen LogP contribution is 2.52. The molecule has 0 bridgehead atoms. The van der Waals surface area contributed by atoms with Gasteiger partial charge in [0.15, 0.2) is 5.17 Å². The van der Waals surface area contributed by atoms with Gasteiger partial charge in [0, 0.05) is 39.9 Å². The van der Waals surface area contributed by atoms with E-state index in [0.29, 0.717) is 17.9 Å². The van der Waals surface area contributed by atoms with Crippen LogP contribution >= 0.6 is 27.7 Å². The molecule has 2 atom stereocenters. The Morgan fingerprint density at radius 3 is 1.98 bits per heavy atom. The highest BCUT2D eigenvalue weighted by Gasteiger charge is 2.50. The number of rotatable bonds is 6. The van der Waals surface area contributed by atoms with Crippen molar-refractivity contribution >= 4 is 32.9 Å². The zero-order valence-electron chi connectivity index (χ0n) is 24.2. The third-order valence-electron chi connectivity index (χ3n) is 8.95. The largest absolute Gasteiger partial charge is 0.481 e. The summed E-state index contributed by atoms with van der Waals surface area (Å²) < 4.78 is 22.6. The Morgan fingerprint density at radius 1 is 0.841 bits per heavy atom. The fourth-order valence-electron chi connectivity index (χ4n) is 6.87. The van der Waals surface area contributed by atoms with Crippen LogP contribution in [0.15, 0.2) is 131 Å². The van der Waals surface area contributed by atoms with Crippen LogP contribution in [0.3, 0.4) is 0 Å². The number of hydrogen-bond donors (Lipinski definition) is 1. The van der Waals surface area contributed by atoms with Crippen molar-refractivity contribution in [2.45, 2.75) is 23.9 Å². The molecule has 0 amide bonds. The van der Waals surface area contributed by atoms with Gasteiger partial charge in [-0.3, -0.25) is 4.99 Å². The van der Waals surface area contributed by atoms with Gasteiger partial charge in [-0.2, -0.15) is 0 Å². The van der Waals surface area contributed by atoms with E-state index in [2.05, 4.69) is 99.0 Å². The molecule has 7 rings (SSSR count). The summed E-state index contributed by atoms with van der Waals surface area (Å²) in [6.45, 7) is 0. The average molecular weight is 665 g/mol. The highest BCUT2D eigenvalue weighted by atomic mass is 79.9. The molecule has 0 spiro atoms. The topological polar surface area (TPSA) is 46.5 Å². The minimum absolute atomic E-state index is 0.0606. The summed E-state index contributed by atoms with van der Waals surface area (Å²) in [6.07, 6.45) is 3.01. The van der Waals surface area contributed by atoms with Gasteiger partial charge in [-0.25, -0.2) is 9.37 Å². The molecule has 0 unspecified atom stereocenters. The van der Waals surface area contributed by atoms with E-state index in [1.165, 1.54) is 0 Å². The summed E-state index contributed by atoms with van der Waals surface area (Å²) in [5.74, 6) is 1.14. The fourth-order valence-corrected chi connectivity index (χ4v) is 8.57. The van der Waals surface area contributed by atoms with Crippen LogP contribution in [-0.4, -0.2) is 23.0 Å². The minimum Gasteiger partial charge on any atom is -0.481 e. The first-order chi connectivity index (χ1) is 21.5. The van der Waals surface area contributed by atoms with E-state index in [1.807, 2.05) is 30.3 Å². The third-order valence-corrected chi connectivity index (χ3v) is 10.7. The number of fused-ring (bicyclic) bond motifs is 2. The van der Waals surface area contributed by atoms with Crippen molar-refractivity contribution in [3.05, 3.63) is 165 Å². The lowest BCUT2D eigenvalue weighted by molar-refractivity contribution is 0.260. The van der Waals surface area contributed by atoms with Gasteiger partial charge in [0.25, 0.3) is 0 Å². The SMILES string of the molecule is COc1ncc(Br)c2c1C[C@]1(c3ccccc3F)N=C(NC(c3ccccc3)(c3ccccc3)c3ccccc3)SC[C@@H]1C2. The monoisotopic (exact) mass is 663 g/mol. The number of nitrogens with zero attached hydrogens (tertiary/aromatic N) is 2. The maximum Gasteiger partial charge on any atom is 0.216 e. The summed E-state index contributed by atoms with van der Waals surface area (Å²) in [6, 6.07) is 38.5. The van der Waals surface area contributed by atoms with Gasteiger partial charge in [-0.05, 0) is 50.7 Å². The molecule has 44 heavy (non-hydrogen) atoms. The maximum atomic E-state index is 15.9. The van der Waals surface area contributed by atoms with E-state index in [-0.39, 0.29) is 11.7 Å². The molecule has 1 aliphatic heterocycles.